The Morgan fingerprint density at radius 1 is 1.35 bits per heavy atom. The number of nitrogens with zero attached hydrogens (tertiary/aromatic N) is 6. The van der Waals surface area contributed by atoms with E-state index in [9.17, 15) is 0 Å². The van der Waals surface area contributed by atoms with Gasteiger partial charge < -0.3 is 10.1 Å². The quantitative estimate of drug-likeness (QED) is 0.474. The number of rotatable bonds is 5. The molecule has 10 heteroatoms. The van der Waals surface area contributed by atoms with E-state index in [1.54, 1.807) is 0 Å². The van der Waals surface area contributed by atoms with Crippen LogP contribution in [0, 0.1) is 5.92 Å². The molecule has 1 aliphatic heterocycles. The van der Waals surface area contributed by atoms with Crippen molar-refractivity contribution in [2.45, 2.75) is 6.42 Å². The number of anilines is 2. The van der Waals surface area contributed by atoms with Gasteiger partial charge in [-0.05, 0) is 6.42 Å². The fourth-order valence-electron chi connectivity index (χ4n) is 1.90. The van der Waals surface area contributed by atoms with Gasteiger partial charge in [0.2, 0.25) is 11.9 Å². The van der Waals surface area contributed by atoms with E-state index in [0.29, 0.717) is 17.8 Å². The molecule has 1 atom stereocenters. The van der Waals surface area contributed by atoms with Crippen molar-refractivity contribution in [2.24, 2.45) is 11.8 Å². The van der Waals surface area contributed by atoms with Gasteiger partial charge in [-0.3, -0.25) is 5.43 Å². The summed E-state index contributed by atoms with van der Waals surface area (Å²) in [5, 5.41) is 7.14. The fraction of sp³-hybridized carbons (Fsp3) is 0.500. The summed E-state index contributed by atoms with van der Waals surface area (Å²) in [6.45, 7) is 2.31. The summed E-state index contributed by atoms with van der Waals surface area (Å²) in [6, 6.07) is 0. The third kappa shape index (κ3) is 2.81. The summed E-state index contributed by atoms with van der Waals surface area (Å²) in [5.41, 5.74) is 2.41. The maximum absolute atomic E-state index is 5.36. The predicted molar refractivity (Wildman–Crippen MR) is 70.0 cm³/mol. The molecule has 3 rings (SSSR count). The Bertz CT molecular complexity index is 552. The molecule has 0 amide bonds. The van der Waals surface area contributed by atoms with Crippen LogP contribution in [0.3, 0.4) is 0 Å². The van der Waals surface area contributed by atoms with E-state index in [2.05, 4.69) is 35.8 Å². The van der Waals surface area contributed by atoms with Crippen LogP contribution in [0.1, 0.15) is 6.42 Å². The maximum atomic E-state index is 5.36. The highest BCUT2D eigenvalue weighted by Gasteiger charge is 2.16. The van der Waals surface area contributed by atoms with Crippen molar-refractivity contribution in [3.63, 3.8) is 0 Å². The zero-order valence-electron chi connectivity index (χ0n) is 10.7. The average molecular weight is 277 g/mol. The number of nitrogens with two attached hydrogens (primary N) is 1. The molecule has 10 nitrogen and oxygen atoms in total. The summed E-state index contributed by atoms with van der Waals surface area (Å²) in [5.74, 6) is 6.87. The second-order valence-electron chi connectivity index (χ2n) is 4.38. The second-order valence-corrected chi connectivity index (χ2v) is 4.38. The first kappa shape index (κ1) is 12.7. The van der Waals surface area contributed by atoms with E-state index >= 15 is 0 Å². The molecule has 0 radical (unpaired) electrons. The third-order valence-electron chi connectivity index (χ3n) is 2.95. The smallest absolute Gasteiger partial charge is 0.258 e. The summed E-state index contributed by atoms with van der Waals surface area (Å²) < 4.78 is 6.76. The number of hydrogen-bond acceptors (Lipinski definition) is 9. The van der Waals surface area contributed by atoms with Gasteiger partial charge in [0.15, 0.2) is 0 Å². The van der Waals surface area contributed by atoms with Crippen LogP contribution in [0.4, 0.5) is 11.9 Å². The van der Waals surface area contributed by atoms with Crippen molar-refractivity contribution < 1.29 is 4.74 Å². The Morgan fingerprint density at radius 3 is 2.95 bits per heavy atom. The van der Waals surface area contributed by atoms with Crippen molar-refractivity contribution in [1.29, 1.82) is 0 Å². The Hall–Kier alpha value is -2.33. The molecule has 0 saturated carbocycles. The Kier molecular flexibility index (Phi) is 3.65. The first-order valence-electron chi connectivity index (χ1n) is 6.24. The number of nitrogens with one attached hydrogen (secondary N) is 2. The van der Waals surface area contributed by atoms with Crippen molar-refractivity contribution in [3.05, 3.63) is 12.7 Å². The number of aromatic nitrogens is 6. The van der Waals surface area contributed by atoms with E-state index in [4.69, 9.17) is 10.6 Å². The largest absolute Gasteiger partial charge is 0.381 e. The van der Waals surface area contributed by atoms with Gasteiger partial charge in [-0.25, -0.2) is 10.8 Å². The third-order valence-corrected chi connectivity index (χ3v) is 2.95. The summed E-state index contributed by atoms with van der Waals surface area (Å²) >= 11 is 0. The highest BCUT2D eigenvalue weighted by molar-refractivity contribution is 5.36. The molecule has 1 saturated heterocycles. The minimum absolute atomic E-state index is 0.260. The Labute approximate surface area is 114 Å². The van der Waals surface area contributed by atoms with Crippen molar-refractivity contribution in [3.8, 4) is 5.95 Å². The van der Waals surface area contributed by atoms with Crippen LogP contribution in [0.2, 0.25) is 0 Å². The lowest BCUT2D eigenvalue weighted by atomic mass is 10.1. The predicted octanol–water partition coefficient (Wildman–Crippen LogP) is -0.814. The van der Waals surface area contributed by atoms with Gasteiger partial charge >= 0.3 is 0 Å². The van der Waals surface area contributed by atoms with Crippen LogP contribution in [0.15, 0.2) is 12.7 Å². The van der Waals surface area contributed by atoms with E-state index in [1.165, 1.54) is 17.3 Å². The van der Waals surface area contributed by atoms with E-state index in [-0.39, 0.29) is 5.95 Å². The van der Waals surface area contributed by atoms with Crippen LogP contribution < -0.4 is 16.6 Å². The summed E-state index contributed by atoms with van der Waals surface area (Å²) in [4.78, 5) is 16.4. The van der Waals surface area contributed by atoms with Crippen molar-refractivity contribution in [2.75, 3.05) is 30.5 Å². The number of hydrazine groups is 1. The maximum Gasteiger partial charge on any atom is 0.258 e. The van der Waals surface area contributed by atoms with Crippen LogP contribution in [-0.2, 0) is 4.74 Å². The molecule has 3 heterocycles. The van der Waals surface area contributed by atoms with E-state index < -0.39 is 0 Å². The normalized spacial score (nSPS) is 18.1. The van der Waals surface area contributed by atoms with E-state index in [0.717, 1.165) is 26.2 Å². The van der Waals surface area contributed by atoms with Gasteiger partial charge in [0.25, 0.3) is 5.95 Å². The molecule has 20 heavy (non-hydrogen) atoms. The SMILES string of the molecule is NNc1nc(NCC2CCOC2)nc(-n2cncn2)n1. The molecule has 106 valence electrons. The first-order valence-corrected chi connectivity index (χ1v) is 6.24. The van der Waals surface area contributed by atoms with Crippen LogP contribution >= 0.6 is 0 Å². The molecule has 2 aromatic rings. The molecule has 2 aromatic heterocycles. The van der Waals surface area contributed by atoms with Gasteiger partial charge in [0.05, 0.1) is 6.61 Å². The Morgan fingerprint density at radius 2 is 2.25 bits per heavy atom. The molecule has 4 N–H and O–H groups in total. The zero-order valence-corrected chi connectivity index (χ0v) is 10.7. The highest BCUT2D eigenvalue weighted by Crippen LogP contribution is 2.13. The first-order chi connectivity index (χ1) is 9.85. The minimum Gasteiger partial charge on any atom is -0.381 e. The van der Waals surface area contributed by atoms with Gasteiger partial charge in [-0.15, -0.1) is 0 Å². The minimum atomic E-state index is 0.260. The van der Waals surface area contributed by atoms with Crippen LogP contribution in [0.5, 0.6) is 0 Å². The molecular weight excluding hydrogens is 262 g/mol. The lowest BCUT2D eigenvalue weighted by molar-refractivity contribution is 0.187. The van der Waals surface area contributed by atoms with Gasteiger partial charge in [-0.1, -0.05) is 0 Å². The number of hydrogen-bond donors (Lipinski definition) is 3. The Balaban J connectivity index is 1.77. The standard InChI is InChI=1S/C10H15N9O/c11-18-9-15-8(13-3-7-1-2-20-4-7)16-10(17-9)19-6-12-5-14-19/h5-7H,1-4,11H2,(H2,13,15,16,17,18). The molecule has 1 aliphatic rings. The lowest BCUT2D eigenvalue weighted by Crippen LogP contribution is -2.19. The molecule has 1 unspecified atom stereocenters. The van der Waals surface area contributed by atoms with Crippen molar-refractivity contribution >= 4 is 11.9 Å². The van der Waals surface area contributed by atoms with Crippen LogP contribution in [0.25, 0.3) is 5.95 Å². The van der Waals surface area contributed by atoms with E-state index in [1.807, 2.05) is 0 Å². The summed E-state index contributed by atoms with van der Waals surface area (Å²) in [7, 11) is 0. The van der Waals surface area contributed by atoms with Crippen molar-refractivity contribution in [1.82, 2.24) is 29.7 Å². The number of ether oxygens (including phenoxy) is 1. The average Bonchev–Trinajstić information content (AvgIpc) is 3.17. The van der Waals surface area contributed by atoms with Crippen LogP contribution in [-0.4, -0.2) is 49.5 Å². The fourth-order valence-corrected chi connectivity index (χ4v) is 1.90. The molecule has 0 spiro atoms. The van der Waals surface area contributed by atoms with Gasteiger partial charge in [0, 0.05) is 19.1 Å². The molecular formula is C10H15N9O. The molecule has 0 aliphatic carbocycles. The zero-order chi connectivity index (χ0) is 13.8. The lowest BCUT2D eigenvalue weighted by Gasteiger charge is -2.10. The van der Waals surface area contributed by atoms with Gasteiger partial charge in [0.1, 0.15) is 12.7 Å². The van der Waals surface area contributed by atoms with Gasteiger partial charge in [-0.2, -0.15) is 24.7 Å². The second kappa shape index (κ2) is 5.75. The highest BCUT2D eigenvalue weighted by atomic mass is 16.5. The molecule has 0 aromatic carbocycles. The summed E-state index contributed by atoms with van der Waals surface area (Å²) in [6.07, 6.45) is 3.95. The topological polar surface area (TPSA) is 129 Å². The monoisotopic (exact) mass is 277 g/mol. The molecule has 0 bridgehead atoms. The number of nitrogen functional groups attached to an aromatic ring is 1. The molecule has 1 fully saturated rings.